The van der Waals surface area contributed by atoms with E-state index in [1.807, 2.05) is 0 Å². The van der Waals surface area contributed by atoms with Gasteiger partial charge in [-0.15, -0.1) is 0 Å². The standard InChI is InChI=1S/C14H11ClFNO/c1-8-6-9(2-5-13(8)17)14(18)11-7-10(16)3-4-12(11)15/h2-7H,17H2,1H3. The first-order valence-electron chi connectivity index (χ1n) is 5.35. The lowest BCUT2D eigenvalue weighted by Gasteiger charge is -2.06. The molecule has 0 aliphatic carbocycles. The first-order valence-corrected chi connectivity index (χ1v) is 5.72. The molecule has 4 heteroatoms. The number of hydrogen-bond acceptors (Lipinski definition) is 2. The molecule has 0 aliphatic heterocycles. The third kappa shape index (κ3) is 2.36. The summed E-state index contributed by atoms with van der Waals surface area (Å²) in [7, 11) is 0. The minimum absolute atomic E-state index is 0.154. The van der Waals surface area contributed by atoms with Crippen molar-refractivity contribution in [3.8, 4) is 0 Å². The summed E-state index contributed by atoms with van der Waals surface area (Å²) in [6.07, 6.45) is 0. The van der Waals surface area contributed by atoms with Gasteiger partial charge in [-0.1, -0.05) is 11.6 Å². The van der Waals surface area contributed by atoms with E-state index >= 15 is 0 Å². The minimum Gasteiger partial charge on any atom is -0.399 e. The smallest absolute Gasteiger partial charge is 0.194 e. The molecule has 0 saturated carbocycles. The Hall–Kier alpha value is -1.87. The predicted molar refractivity (Wildman–Crippen MR) is 70.4 cm³/mol. The van der Waals surface area contributed by atoms with Crippen LogP contribution in [0.4, 0.5) is 10.1 Å². The minimum atomic E-state index is -0.491. The first-order chi connectivity index (χ1) is 8.49. The van der Waals surface area contributed by atoms with Crippen LogP contribution >= 0.6 is 11.6 Å². The van der Waals surface area contributed by atoms with E-state index in [1.165, 1.54) is 12.1 Å². The SMILES string of the molecule is Cc1cc(C(=O)c2cc(F)ccc2Cl)ccc1N. The average molecular weight is 264 g/mol. The number of ketones is 1. The molecule has 0 atom stereocenters. The van der Waals surface area contributed by atoms with Crippen LogP contribution in [0, 0.1) is 12.7 Å². The molecule has 0 amide bonds. The number of nitrogen functional groups attached to an aromatic ring is 1. The van der Waals surface area contributed by atoms with Gasteiger partial charge in [-0.25, -0.2) is 4.39 Å². The monoisotopic (exact) mass is 263 g/mol. The Morgan fingerprint density at radius 2 is 1.94 bits per heavy atom. The van der Waals surface area contributed by atoms with Crippen molar-refractivity contribution in [1.29, 1.82) is 0 Å². The highest BCUT2D eigenvalue weighted by Crippen LogP contribution is 2.22. The molecule has 0 fully saturated rings. The number of carbonyl (C=O) groups excluding carboxylic acids is 1. The molecule has 0 saturated heterocycles. The molecule has 92 valence electrons. The number of rotatable bonds is 2. The molecule has 0 radical (unpaired) electrons. The predicted octanol–water partition coefficient (Wildman–Crippen LogP) is 3.60. The van der Waals surface area contributed by atoms with E-state index in [2.05, 4.69) is 0 Å². The topological polar surface area (TPSA) is 43.1 Å². The molecule has 0 bridgehead atoms. The van der Waals surface area contributed by atoms with E-state index in [0.29, 0.717) is 11.3 Å². The summed E-state index contributed by atoms with van der Waals surface area (Å²) in [5, 5.41) is 0.232. The zero-order chi connectivity index (χ0) is 13.3. The van der Waals surface area contributed by atoms with Crippen LogP contribution in [0.25, 0.3) is 0 Å². The van der Waals surface area contributed by atoms with Gasteiger partial charge in [-0.05, 0) is 48.9 Å². The summed E-state index contributed by atoms with van der Waals surface area (Å²) in [5.41, 5.74) is 7.68. The van der Waals surface area contributed by atoms with Crippen LogP contribution in [0.15, 0.2) is 36.4 Å². The summed E-state index contributed by atoms with van der Waals surface area (Å²) >= 11 is 5.90. The summed E-state index contributed by atoms with van der Waals surface area (Å²) in [5.74, 6) is -0.808. The van der Waals surface area contributed by atoms with Gasteiger partial charge in [0, 0.05) is 16.8 Å². The number of hydrogen-bond donors (Lipinski definition) is 1. The highest BCUT2D eigenvalue weighted by Gasteiger charge is 2.14. The molecular weight excluding hydrogens is 253 g/mol. The second-order valence-corrected chi connectivity index (χ2v) is 4.43. The normalized spacial score (nSPS) is 10.4. The van der Waals surface area contributed by atoms with Gasteiger partial charge in [-0.3, -0.25) is 4.79 Å². The maximum absolute atomic E-state index is 13.1. The van der Waals surface area contributed by atoms with Gasteiger partial charge in [0.2, 0.25) is 0 Å². The van der Waals surface area contributed by atoms with Gasteiger partial charge in [0.05, 0.1) is 5.02 Å². The third-order valence-electron chi connectivity index (χ3n) is 2.71. The lowest BCUT2D eigenvalue weighted by atomic mass is 10.0. The van der Waals surface area contributed by atoms with Crippen molar-refractivity contribution in [2.24, 2.45) is 0 Å². The molecule has 0 aliphatic rings. The van der Waals surface area contributed by atoms with E-state index in [1.54, 1.807) is 25.1 Å². The molecule has 0 spiro atoms. The van der Waals surface area contributed by atoms with Gasteiger partial charge in [-0.2, -0.15) is 0 Å². The lowest BCUT2D eigenvalue weighted by Crippen LogP contribution is -2.04. The van der Waals surface area contributed by atoms with E-state index < -0.39 is 5.82 Å². The number of carbonyl (C=O) groups is 1. The third-order valence-corrected chi connectivity index (χ3v) is 3.03. The van der Waals surface area contributed by atoms with Gasteiger partial charge in [0.1, 0.15) is 5.82 Å². The van der Waals surface area contributed by atoms with E-state index in [0.717, 1.165) is 11.6 Å². The Kier molecular flexibility index (Phi) is 3.34. The number of aryl methyl sites for hydroxylation is 1. The molecule has 18 heavy (non-hydrogen) atoms. The number of nitrogens with two attached hydrogens (primary N) is 1. The number of benzene rings is 2. The molecule has 0 heterocycles. The quantitative estimate of drug-likeness (QED) is 0.664. The molecule has 2 aromatic rings. The summed E-state index contributed by atoms with van der Waals surface area (Å²) in [6.45, 7) is 1.80. The van der Waals surface area contributed by atoms with Crippen molar-refractivity contribution < 1.29 is 9.18 Å². The second-order valence-electron chi connectivity index (χ2n) is 4.02. The number of halogens is 2. The zero-order valence-electron chi connectivity index (χ0n) is 9.71. The fourth-order valence-corrected chi connectivity index (χ4v) is 1.85. The number of anilines is 1. The molecule has 0 aromatic heterocycles. The first kappa shape index (κ1) is 12.6. The molecule has 2 rings (SSSR count). The molecule has 2 N–H and O–H groups in total. The highest BCUT2D eigenvalue weighted by atomic mass is 35.5. The van der Waals surface area contributed by atoms with E-state index in [4.69, 9.17) is 17.3 Å². The largest absolute Gasteiger partial charge is 0.399 e. The molecular formula is C14H11ClFNO. The van der Waals surface area contributed by atoms with Crippen LogP contribution in [0.5, 0.6) is 0 Å². The van der Waals surface area contributed by atoms with Crippen molar-refractivity contribution in [2.75, 3.05) is 5.73 Å². The van der Waals surface area contributed by atoms with E-state index in [9.17, 15) is 9.18 Å². The van der Waals surface area contributed by atoms with Gasteiger partial charge >= 0.3 is 0 Å². The van der Waals surface area contributed by atoms with Crippen LogP contribution in [-0.4, -0.2) is 5.78 Å². The highest BCUT2D eigenvalue weighted by molar-refractivity contribution is 6.35. The summed E-state index contributed by atoms with van der Waals surface area (Å²) < 4.78 is 13.1. The fraction of sp³-hybridized carbons (Fsp3) is 0.0714. The van der Waals surface area contributed by atoms with Crippen LogP contribution in [0.3, 0.4) is 0 Å². The van der Waals surface area contributed by atoms with Crippen molar-refractivity contribution in [3.63, 3.8) is 0 Å². The Balaban J connectivity index is 2.47. The van der Waals surface area contributed by atoms with Crippen LogP contribution < -0.4 is 5.73 Å². The Labute approximate surface area is 109 Å². The maximum atomic E-state index is 13.1. The van der Waals surface area contributed by atoms with Crippen molar-refractivity contribution in [2.45, 2.75) is 6.92 Å². The van der Waals surface area contributed by atoms with Crippen molar-refractivity contribution >= 4 is 23.1 Å². The van der Waals surface area contributed by atoms with Gasteiger partial charge in [0.25, 0.3) is 0 Å². The Morgan fingerprint density at radius 1 is 1.22 bits per heavy atom. The molecule has 2 nitrogen and oxygen atoms in total. The summed E-state index contributed by atoms with van der Waals surface area (Å²) in [6, 6.07) is 8.64. The van der Waals surface area contributed by atoms with Gasteiger partial charge < -0.3 is 5.73 Å². The zero-order valence-corrected chi connectivity index (χ0v) is 10.5. The molecule has 0 unspecified atom stereocenters. The Bertz CT molecular complexity index is 625. The summed E-state index contributed by atoms with van der Waals surface area (Å²) in [4.78, 5) is 12.2. The van der Waals surface area contributed by atoms with Crippen LogP contribution in [0.1, 0.15) is 21.5 Å². The second kappa shape index (κ2) is 4.78. The lowest BCUT2D eigenvalue weighted by molar-refractivity contribution is 0.103. The Morgan fingerprint density at radius 3 is 2.61 bits per heavy atom. The molecule has 2 aromatic carbocycles. The van der Waals surface area contributed by atoms with Crippen molar-refractivity contribution in [3.05, 3.63) is 63.9 Å². The average Bonchev–Trinajstić information content (AvgIpc) is 2.35. The van der Waals surface area contributed by atoms with E-state index in [-0.39, 0.29) is 16.4 Å². The van der Waals surface area contributed by atoms with Crippen LogP contribution in [-0.2, 0) is 0 Å². The van der Waals surface area contributed by atoms with Gasteiger partial charge in [0.15, 0.2) is 5.78 Å². The maximum Gasteiger partial charge on any atom is 0.194 e. The van der Waals surface area contributed by atoms with Crippen molar-refractivity contribution in [1.82, 2.24) is 0 Å². The fourth-order valence-electron chi connectivity index (χ4n) is 1.64. The van der Waals surface area contributed by atoms with Crippen LogP contribution in [0.2, 0.25) is 5.02 Å².